The van der Waals surface area contributed by atoms with Crippen LogP contribution >= 0.6 is 0 Å². The quantitative estimate of drug-likeness (QED) is 0.748. The number of hydrogen-bond donors (Lipinski definition) is 1. The van der Waals surface area contributed by atoms with Crippen LogP contribution in [0.2, 0.25) is 0 Å². The molecule has 5 nitrogen and oxygen atoms in total. The predicted octanol–water partition coefficient (Wildman–Crippen LogP) is 4.57. The molecule has 2 saturated carbocycles. The Hall–Kier alpha value is -2.70. The van der Waals surface area contributed by atoms with Gasteiger partial charge in [0.1, 0.15) is 5.52 Å². The van der Waals surface area contributed by atoms with Crippen LogP contribution in [0, 0.1) is 23.1 Å². The van der Waals surface area contributed by atoms with Gasteiger partial charge in [0, 0.05) is 24.3 Å². The summed E-state index contributed by atoms with van der Waals surface area (Å²) in [6.45, 7) is 1.88. The van der Waals surface area contributed by atoms with Crippen molar-refractivity contribution in [2.24, 2.45) is 5.92 Å². The molecule has 1 aromatic carbocycles. The van der Waals surface area contributed by atoms with Crippen LogP contribution in [0.15, 0.2) is 12.1 Å². The molecule has 0 spiro atoms. The molecule has 1 heterocycles. The number of rotatable bonds is 4. The summed E-state index contributed by atoms with van der Waals surface area (Å²) < 4.78 is 69.0. The molecule has 10 heteroatoms. The number of alkyl halides is 4. The van der Waals surface area contributed by atoms with E-state index in [0.29, 0.717) is 18.4 Å². The molecule has 1 unspecified atom stereocenters. The zero-order valence-corrected chi connectivity index (χ0v) is 15.4. The van der Waals surface area contributed by atoms with E-state index in [1.54, 1.807) is 4.57 Å². The SMILES string of the molecule is CC1(n2c(NC(=O)CC3CC(F)(F)C3(F)F)nc3c(F)cc(C#N)cc32)CCC1. The minimum atomic E-state index is -4.24. The summed E-state index contributed by atoms with van der Waals surface area (Å²) in [6.07, 6.45) is 0.461. The second kappa shape index (κ2) is 6.15. The first kappa shape index (κ1) is 19.6. The summed E-state index contributed by atoms with van der Waals surface area (Å²) in [4.78, 5) is 16.4. The lowest BCUT2D eigenvalue weighted by molar-refractivity contribution is -0.313. The van der Waals surface area contributed by atoms with E-state index in [9.17, 15) is 26.7 Å². The molecule has 1 amide bonds. The lowest BCUT2D eigenvalue weighted by atomic mass is 9.74. The molecular weight excluding hydrogens is 395 g/mol. The normalized spacial score (nSPS) is 23.7. The number of aromatic nitrogens is 2. The van der Waals surface area contributed by atoms with E-state index >= 15 is 0 Å². The molecule has 4 rings (SSSR count). The smallest absolute Gasteiger partial charge is 0.304 e. The number of imidazole rings is 1. The van der Waals surface area contributed by atoms with E-state index in [1.165, 1.54) is 6.07 Å². The second-order valence-electron chi connectivity index (χ2n) is 8.04. The predicted molar refractivity (Wildman–Crippen MR) is 93.2 cm³/mol. The first-order valence-electron chi connectivity index (χ1n) is 9.16. The van der Waals surface area contributed by atoms with E-state index in [0.717, 1.165) is 12.5 Å². The molecule has 0 bridgehead atoms. The number of fused-ring (bicyclic) bond motifs is 1. The van der Waals surface area contributed by atoms with Crippen LogP contribution in [0.1, 0.15) is 44.6 Å². The van der Waals surface area contributed by atoms with Crippen molar-refractivity contribution in [3.8, 4) is 6.07 Å². The number of carbonyl (C=O) groups is 1. The van der Waals surface area contributed by atoms with Crippen LogP contribution in [0.3, 0.4) is 0 Å². The number of nitrogens with one attached hydrogen (secondary N) is 1. The summed E-state index contributed by atoms with van der Waals surface area (Å²) in [5.41, 5.74) is -0.175. The van der Waals surface area contributed by atoms with Crippen LogP contribution in [0.4, 0.5) is 27.9 Å². The zero-order chi connectivity index (χ0) is 21.2. The van der Waals surface area contributed by atoms with Gasteiger partial charge in [-0.05, 0) is 38.3 Å². The highest BCUT2D eigenvalue weighted by Crippen LogP contribution is 2.56. The van der Waals surface area contributed by atoms with Gasteiger partial charge in [0.25, 0.3) is 0 Å². The Morgan fingerprint density at radius 3 is 2.55 bits per heavy atom. The molecule has 0 saturated heterocycles. The third-order valence-corrected chi connectivity index (χ3v) is 6.00. The summed E-state index contributed by atoms with van der Waals surface area (Å²) >= 11 is 0. The monoisotopic (exact) mass is 412 g/mol. The summed E-state index contributed by atoms with van der Waals surface area (Å²) in [5.74, 6) is -11.8. The Morgan fingerprint density at radius 1 is 1.34 bits per heavy atom. The van der Waals surface area contributed by atoms with Crippen molar-refractivity contribution in [2.45, 2.75) is 56.4 Å². The Labute approximate surface area is 162 Å². The number of nitrogens with zero attached hydrogens (tertiary/aromatic N) is 3. The first-order chi connectivity index (χ1) is 13.5. The molecule has 0 aliphatic heterocycles. The van der Waals surface area contributed by atoms with Crippen molar-refractivity contribution in [3.05, 3.63) is 23.5 Å². The van der Waals surface area contributed by atoms with E-state index in [-0.39, 0.29) is 17.0 Å². The first-order valence-corrected chi connectivity index (χ1v) is 9.16. The number of benzene rings is 1. The topological polar surface area (TPSA) is 70.7 Å². The maximum Gasteiger partial charge on any atom is 0.313 e. The summed E-state index contributed by atoms with van der Waals surface area (Å²) in [6, 6.07) is 4.33. The Morgan fingerprint density at radius 2 is 2.03 bits per heavy atom. The van der Waals surface area contributed by atoms with Crippen LogP contribution in [-0.4, -0.2) is 27.3 Å². The average molecular weight is 412 g/mol. The van der Waals surface area contributed by atoms with Gasteiger partial charge >= 0.3 is 11.8 Å². The lowest BCUT2D eigenvalue weighted by Gasteiger charge is -2.43. The molecule has 29 heavy (non-hydrogen) atoms. The van der Waals surface area contributed by atoms with Crippen molar-refractivity contribution in [1.29, 1.82) is 5.26 Å². The maximum atomic E-state index is 14.4. The van der Waals surface area contributed by atoms with Crippen molar-refractivity contribution >= 4 is 22.9 Å². The molecule has 154 valence electrons. The van der Waals surface area contributed by atoms with Crippen LogP contribution in [0.25, 0.3) is 11.0 Å². The third-order valence-electron chi connectivity index (χ3n) is 6.00. The Bertz CT molecular complexity index is 1050. The van der Waals surface area contributed by atoms with Gasteiger partial charge in [-0.2, -0.15) is 22.8 Å². The number of halogens is 5. The number of nitriles is 1. The molecule has 2 fully saturated rings. The third kappa shape index (κ3) is 2.86. The van der Waals surface area contributed by atoms with Crippen molar-refractivity contribution in [3.63, 3.8) is 0 Å². The van der Waals surface area contributed by atoms with Gasteiger partial charge < -0.3 is 4.57 Å². The molecule has 1 atom stereocenters. The number of anilines is 1. The zero-order valence-electron chi connectivity index (χ0n) is 15.4. The average Bonchev–Trinajstić information content (AvgIpc) is 2.97. The van der Waals surface area contributed by atoms with Gasteiger partial charge in [-0.25, -0.2) is 9.37 Å². The van der Waals surface area contributed by atoms with Crippen LogP contribution in [-0.2, 0) is 10.3 Å². The number of amides is 1. The standard InChI is InChI=1S/C19H17F5N4O/c1-17(3-2-4-17)28-13-6-10(9-25)5-12(20)15(13)27-16(28)26-14(29)7-11-8-18(21,22)19(11,23)24/h5-6,11H,2-4,7-8H2,1H3,(H,26,27,29). The second-order valence-corrected chi connectivity index (χ2v) is 8.04. The highest BCUT2D eigenvalue weighted by Gasteiger charge is 2.71. The molecule has 2 aliphatic carbocycles. The van der Waals surface area contributed by atoms with Crippen molar-refractivity contribution in [2.75, 3.05) is 5.32 Å². The van der Waals surface area contributed by atoms with E-state index in [4.69, 9.17) is 5.26 Å². The molecular formula is C19H17F5N4O. The van der Waals surface area contributed by atoms with Gasteiger partial charge in [0.2, 0.25) is 11.9 Å². The minimum Gasteiger partial charge on any atom is -0.304 e. The van der Waals surface area contributed by atoms with Gasteiger partial charge in [0.05, 0.1) is 17.1 Å². The molecule has 1 aromatic heterocycles. The molecule has 2 aliphatic rings. The fourth-order valence-corrected chi connectivity index (χ4v) is 4.08. The van der Waals surface area contributed by atoms with Gasteiger partial charge in [0.15, 0.2) is 5.82 Å². The number of carbonyl (C=O) groups excluding carboxylic acids is 1. The van der Waals surface area contributed by atoms with E-state index in [1.807, 2.05) is 13.0 Å². The van der Waals surface area contributed by atoms with Gasteiger partial charge in [-0.3, -0.25) is 10.1 Å². The summed E-state index contributed by atoms with van der Waals surface area (Å²) in [7, 11) is 0. The fourth-order valence-electron chi connectivity index (χ4n) is 4.08. The molecule has 1 N–H and O–H groups in total. The van der Waals surface area contributed by atoms with Gasteiger partial charge in [-0.1, -0.05) is 0 Å². The van der Waals surface area contributed by atoms with E-state index < -0.39 is 47.9 Å². The largest absolute Gasteiger partial charge is 0.313 e. The highest BCUT2D eigenvalue weighted by molar-refractivity contribution is 5.92. The lowest BCUT2D eigenvalue weighted by Crippen LogP contribution is -2.59. The van der Waals surface area contributed by atoms with Gasteiger partial charge in [-0.15, -0.1) is 0 Å². The van der Waals surface area contributed by atoms with E-state index in [2.05, 4.69) is 10.3 Å². The fraction of sp³-hybridized carbons (Fsp3) is 0.526. The highest BCUT2D eigenvalue weighted by atomic mass is 19.3. The molecule has 0 radical (unpaired) electrons. The van der Waals surface area contributed by atoms with Crippen LogP contribution in [0.5, 0.6) is 0 Å². The minimum absolute atomic E-state index is 0.0458. The van der Waals surface area contributed by atoms with Crippen molar-refractivity contribution in [1.82, 2.24) is 9.55 Å². The Kier molecular flexibility index (Phi) is 4.16. The molecule has 2 aromatic rings. The maximum absolute atomic E-state index is 14.4. The summed E-state index contributed by atoms with van der Waals surface area (Å²) in [5, 5.41) is 11.5. The van der Waals surface area contributed by atoms with Crippen LogP contribution < -0.4 is 5.32 Å². The Balaban J connectivity index is 1.67. The number of hydrogen-bond acceptors (Lipinski definition) is 3. The van der Waals surface area contributed by atoms with Crippen molar-refractivity contribution < 1.29 is 26.7 Å².